The zero-order valence-corrected chi connectivity index (χ0v) is 7.98. The van der Waals surface area contributed by atoms with Gasteiger partial charge in [-0.05, 0) is 18.6 Å². The van der Waals surface area contributed by atoms with Crippen LogP contribution in [0.5, 0.6) is 0 Å². The molecule has 0 spiro atoms. The zero-order chi connectivity index (χ0) is 10.4. The lowest BCUT2D eigenvalue weighted by atomic mass is 10.1. The molecule has 1 N–H and O–H groups in total. The van der Waals surface area contributed by atoms with Crippen molar-refractivity contribution < 1.29 is 14.3 Å². The number of carbonyl (C=O) groups excluding carboxylic acids is 1. The van der Waals surface area contributed by atoms with E-state index < -0.39 is 6.10 Å². The predicted octanol–water partition coefficient (Wildman–Crippen LogP) is 2.24. The highest BCUT2D eigenvalue weighted by Crippen LogP contribution is 2.17. The Hall–Kier alpha value is -1.35. The van der Waals surface area contributed by atoms with E-state index in [2.05, 4.69) is 6.58 Å². The Labute approximate surface area is 83.0 Å². The van der Waals surface area contributed by atoms with Crippen LogP contribution in [-0.4, -0.2) is 10.9 Å². The van der Waals surface area contributed by atoms with Crippen LogP contribution in [0.3, 0.4) is 0 Å². The fraction of sp³-hybridized carbons (Fsp3) is 0.364. The molecule has 0 amide bonds. The van der Waals surface area contributed by atoms with Crippen molar-refractivity contribution in [1.82, 2.24) is 0 Å². The number of hydrogen-bond donors (Lipinski definition) is 1. The number of furan rings is 1. The van der Waals surface area contributed by atoms with Gasteiger partial charge in [0.05, 0.1) is 6.26 Å². The van der Waals surface area contributed by atoms with E-state index >= 15 is 0 Å². The van der Waals surface area contributed by atoms with Crippen molar-refractivity contribution in [2.24, 2.45) is 0 Å². The van der Waals surface area contributed by atoms with Crippen LogP contribution in [-0.2, 0) is 4.79 Å². The Balaban J connectivity index is 2.37. The standard InChI is InChI=1S/C11H14O3/c1-2-3-5-9(12)8-10(13)11-6-4-7-14-11/h2,4,6-7,10,13H,1,3,5,8H2/t10-/m0/s1. The number of allylic oxidation sites excluding steroid dienone is 1. The quantitative estimate of drug-likeness (QED) is 0.706. The molecule has 0 aliphatic rings. The Morgan fingerprint density at radius 2 is 2.50 bits per heavy atom. The van der Waals surface area contributed by atoms with Crippen molar-refractivity contribution in [3.63, 3.8) is 0 Å². The number of aliphatic hydroxyl groups excluding tert-OH is 1. The first kappa shape index (κ1) is 10.7. The van der Waals surface area contributed by atoms with Gasteiger partial charge in [0.2, 0.25) is 0 Å². The SMILES string of the molecule is C=CCCC(=O)C[C@H](O)c1ccco1. The molecule has 1 heterocycles. The third kappa shape index (κ3) is 3.18. The number of ketones is 1. The first-order valence-electron chi connectivity index (χ1n) is 4.58. The van der Waals surface area contributed by atoms with E-state index in [1.807, 2.05) is 0 Å². The fourth-order valence-corrected chi connectivity index (χ4v) is 1.16. The van der Waals surface area contributed by atoms with Crippen LogP contribution < -0.4 is 0 Å². The number of hydrogen-bond acceptors (Lipinski definition) is 3. The van der Waals surface area contributed by atoms with Crippen LogP contribution in [0, 0.1) is 0 Å². The summed E-state index contributed by atoms with van der Waals surface area (Å²) in [7, 11) is 0. The largest absolute Gasteiger partial charge is 0.467 e. The Bertz CT molecular complexity index is 287. The summed E-state index contributed by atoms with van der Waals surface area (Å²) in [6.07, 6.45) is 3.55. The third-order valence-corrected chi connectivity index (χ3v) is 1.92. The molecule has 14 heavy (non-hydrogen) atoms. The first-order chi connectivity index (χ1) is 6.74. The molecule has 1 rings (SSSR count). The lowest BCUT2D eigenvalue weighted by molar-refractivity contribution is -0.121. The van der Waals surface area contributed by atoms with Crippen LogP contribution in [0.2, 0.25) is 0 Å². The van der Waals surface area contributed by atoms with Gasteiger partial charge in [0, 0.05) is 12.8 Å². The van der Waals surface area contributed by atoms with Crippen LogP contribution in [0.25, 0.3) is 0 Å². The van der Waals surface area contributed by atoms with E-state index in [4.69, 9.17) is 4.42 Å². The second-order valence-corrected chi connectivity index (χ2v) is 3.10. The molecule has 3 nitrogen and oxygen atoms in total. The highest BCUT2D eigenvalue weighted by Gasteiger charge is 2.14. The summed E-state index contributed by atoms with van der Waals surface area (Å²) in [4.78, 5) is 11.3. The molecule has 0 fully saturated rings. The third-order valence-electron chi connectivity index (χ3n) is 1.92. The number of carbonyl (C=O) groups is 1. The van der Waals surface area contributed by atoms with E-state index in [0.29, 0.717) is 18.6 Å². The number of rotatable bonds is 6. The minimum absolute atomic E-state index is 0.0220. The average molecular weight is 194 g/mol. The van der Waals surface area contributed by atoms with Crippen LogP contribution >= 0.6 is 0 Å². The molecular weight excluding hydrogens is 180 g/mol. The Kier molecular flexibility index (Phi) is 4.13. The van der Waals surface area contributed by atoms with Gasteiger partial charge in [0.1, 0.15) is 17.6 Å². The summed E-state index contributed by atoms with van der Waals surface area (Å²) >= 11 is 0. The molecule has 0 aliphatic heterocycles. The maximum Gasteiger partial charge on any atom is 0.136 e. The second kappa shape index (κ2) is 5.40. The van der Waals surface area contributed by atoms with Crippen molar-refractivity contribution in [3.05, 3.63) is 36.8 Å². The maximum atomic E-state index is 11.3. The molecular formula is C11H14O3. The van der Waals surface area contributed by atoms with Gasteiger partial charge in [-0.1, -0.05) is 6.08 Å². The summed E-state index contributed by atoms with van der Waals surface area (Å²) in [6.45, 7) is 3.53. The minimum atomic E-state index is -0.817. The molecule has 0 radical (unpaired) electrons. The molecule has 0 aromatic carbocycles. The van der Waals surface area contributed by atoms with Crippen molar-refractivity contribution >= 4 is 5.78 Å². The van der Waals surface area contributed by atoms with Gasteiger partial charge >= 0.3 is 0 Å². The molecule has 0 unspecified atom stereocenters. The van der Waals surface area contributed by atoms with Crippen LogP contribution in [0.4, 0.5) is 0 Å². The Morgan fingerprint density at radius 1 is 1.71 bits per heavy atom. The lowest BCUT2D eigenvalue weighted by Gasteiger charge is -2.05. The molecule has 1 aromatic rings. The van der Waals surface area contributed by atoms with E-state index in [-0.39, 0.29) is 12.2 Å². The van der Waals surface area contributed by atoms with Crippen molar-refractivity contribution in [2.75, 3.05) is 0 Å². The number of aliphatic hydroxyl groups is 1. The van der Waals surface area contributed by atoms with E-state index in [0.717, 1.165) is 0 Å². The molecule has 76 valence electrons. The summed E-state index contributed by atoms with van der Waals surface area (Å²) in [6, 6.07) is 3.35. The van der Waals surface area contributed by atoms with Crippen molar-refractivity contribution in [1.29, 1.82) is 0 Å². The molecule has 0 saturated carbocycles. The molecule has 0 saturated heterocycles. The van der Waals surface area contributed by atoms with Crippen molar-refractivity contribution in [3.8, 4) is 0 Å². The summed E-state index contributed by atoms with van der Waals surface area (Å²) in [5, 5.41) is 9.54. The van der Waals surface area contributed by atoms with Gasteiger partial charge < -0.3 is 9.52 Å². The van der Waals surface area contributed by atoms with E-state index in [1.54, 1.807) is 18.2 Å². The monoisotopic (exact) mass is 194 g/mol. The summed E-state index contributed by atoms with van der Waals surface area (Å²) < 4.78 is 4.98. The normalized spacial score (nSPS) is 12.4. The van der Waals surface area contributed by atoms with Gasteiger partial charge in [-0.15, -0.1) is 6.58 Å². The highest BCUT2D eigenvalue weighted by atomic mass is 16.4. The second-order valence-electron chi connectivity index (χ2n) is 3.10. The van der Waals surface area contributed by atoms with E-state index in [9.17, 15) is 9.90 Å². The van der Waals surface area contributed by atoms with Gasteiger partial charge in [0.15, 0.2) is 0 Å². The average Bonchev–Trinajstić information content (AvgIpc) is 2.67. The first-order valence-corrected chi connectivity index (χ1v) is 4.58. The summed E-state index contributed by atoms with van der Waals surface area (Å²) in [5.74, 6) is 0.464. The van der Waals surface area contributed by atoms with Crippen LogP contribution in [0.1, 0.15) is 31.1 Å². The van der Waals surface area contributed by atoms with Gasteiger partial charge in [0.25, 0.3) is 0 Å². The lowest BCUT2D eigenvalue weighted by Crippen LogP contribution is -2.05. The fourth-order valence-electron chi connectivity index (χ4n) is 1.16. The zero-order valence-electron chi connectivity index (χ0n) is 7.98. The molecule has 1 aromatic heterocycles. The van der Waals surface area contributed by atoms with Gasteiger partial charge in [-0.2, -0.15) is 0 Å². The van der Waals surface area contributed by atoms with Crippen LogP contribution in [0.15, 0.2) is 35.5 Å². The molecule has 1 atom stereocenters. The molecule has 0 bridgehead atoms. The van der Waals surface area contributed by atoms with Gasteiger partial charge in [-0.25, -0.2) is 0 Å². The molecule has 3 heteroatoms. The van der Waals surface area contributed by atoms with E-state index in [1.165, 1.54) is 6.26 Å². The number of Topliss-reactive ketones (excluding diaryl/α,β-unsaturated/α-hetero) is 1. The van der Waals surface area contributed by atoms with Gasteiger partial charge in [-0.3, -0.25) is 4.79 Å². The highest BCUT2D eigenvalue weighted by molar-refractivity contribution is 5.79. The smallest absolute Gasteiger partial charge is 0.136 e. The van der Waals surface area contributed by atoms with Crippen molar-refractivity contribution in [2.45, 2.75) is 25.4 Å². The maximum absolute atomic E-state index is 11.3. The topological polar surface area (TPSA) is 50.4 Å². The predicted molar refractivity (Wildman–Crippen MR) is 52.7 cm³/mol. The minimum Gasteiger partial charge on any atom is -0.467 e. The Morgan fingerprint density at radius 3 is 3.07 bits per heavy atom. The molecule has 0 aliphatic carbocycles. The summed E-state index contributed by atoms with van der Waals surface area (Å²) in [5.41, 5.74) is 0.